The molecule has 0 saturated carbocycles. The summed E-state index contributed by atoms with van der Waals surface area (Å²) in [7, 11) is 0. The molecule has 1 aliphatic heterocycles. The number of hydrogen-bond acceptors (Lipinski definition) is 6. The summed E-state index contributed by atoms with van der Waals surface area (Å²) in [6.07, 6.45) is 3.85. The fraction of sp³-hybridized carbons (Fsp3) is 0.200. The van der Waals surface area contributed by atoms with Crippen LogP contribution in [0.5, 0.6) is 5.75 Å². The van der Waals surface area contributed by atoms with Gasteiger partial charge in [0.25, 0.3) is 0 Å². The van der Waals surface area contributed by atoms with Crippen LogP contribution in [0.15, 0.2) is 81.9 Å². The van der Waals surface area contributed by atoms with Crippen LogP contribution < -0.4 is 10.5 Å². The van der Waals surface area contributed by atoms with Crippen LogP contribution >= 0.6 is 15.9 Å². The highest BCUT2D eigenvalue weighted by Crippen LogP contribution is 2.43. The zero-order chi connectivity index (χ0) is 23.1. The van der Waals surface area contributed by atoms with E-state index in [-0.39, 0.29) is 23.6 Å². The molecule has 0 bridgehead atoms. The van der Waals surface area contributed by atoms with Gasteiger partial charge in [0.15, 0.2) is 0 Å². The zero-order valence-corrected chi connectivity index (χ0v) is 19.4. The number of hydrogen-bond donors (Lipinski definition) is 1. The summed E-state index contributed by atoms with van der Waals surface area (Å²) in [6.45, 7) is 3.83. The van der Waals surface area contributed by atoms with Crippen molar-refractivity contribution in [3.8, 4) is 11.8 Å². The lowest BCUT2D eigenvalue weighted by Gasteiger charge is -2.28. The molecule has 7 heteroatoms. The second-order valence-electron chi connectivity index (χ2n) is 6.92. The molecule has 1 heterocycles. The minimum absolute atomic E-state index is 0.0436. The molecule has 1 atom stereocenters. The summed E-state index contributed by atoms with van der Waals surface area (Å²) in [5.41, 5.74) is 8.02. The number of rotatable bonds is 7. The third kappa shape index (κ3) is 5.21. The van der Waals surface area contributed by atoms with E-state index in [0.29, 0.717) is 23.7 Å². The van der Waals surface area contributed by atoms with Crippen molar-refractivity contribution in [3.05, 3.63) is 93.0 Å². The first kappa shape index (κ1) is 23.2. The van der Waals surface area contributed by atoms with Gasteiger partial charge in [-0.05, 0) is 43.7 Å². The largest absolute Gasteiger partial charge is 0.489 e. The van der Waals surface area contributed by atoms with Gasteiger partial charge in [0.2, 0.25) is 5.88 Å². The Morgan fingerprint density at radius 2 is 2.03 bits per heavy atom. The fourth-order valence-corrected chi connectivity index (χ4v) is 3.81. The lowest BCUT2D eigenvalue weighted by Crippen LogP contribution is -2.26. The number of nitriles is 1. The molecular weight excluding hydrogens is 472 g/mol. The maximum atomic E-state index is 12.8. The Morgan fingerprint density at radius 3 is 2.72 bits per heavy atom. The number of allylic oxidation sites excluding steroid dienone is 2. The van der Waals surface area contributed by atoms with Crippen molar-refractivity contribution in [2.24, 2.45) is 5.73 Å². The van der Waals surface area contributed by atoms with E-state index in [2.05, 4.69) is 22.0 Å². The highest BCUT2D eigenvalue weighted by molar-refractivity contribution is 9.10. The minimum atomic E-state index is -0.779. The van der Waals surface area contributed by atoms with Crippen molar-refractivity contribution in [1.29, 1.82) is 5.26 Å². The lowest BCUT2D eigenvalue weighted by molar-refractivity contribution is -0.139. The summed E-state index contributed by atoms with van der Waals surface area (Å²) in [4.78, 5) is 12.8. The predicted octanol–water partition coefficient (Wildman–Crippen LogP) is 5.19. The molecule has 0 aromatic heterocycles. The van der Waals surface area contributed by atoms with Crippen molar-refractivity contribution in [3.63, 3.8) is 0 Å². The number of nitrogens with two attached hydrogens (primary N) is 1. The van der Waals surface area contributed by atoms with Crippen LogP contribution in [0.25, 0.3) is 6.08 Å². The summed E-state index contributed by atoms with van der Waals surface area (Å²) in [5.74, 6) is -0.575. The van der Waals surface area contributed by atoms with Gasteiger partial charge in [-0.25, -0.2) is 4.79 Å². The average Bonchev–Trinajstić information content (AvgIpc) is 2.78. The fourth-order valence-electron chi connectivity index (χ4n) is 3.43. The smallest absolute Gasteiger partial charge is 0.338 e. The molecule has 0 saturated heterocycles. The van der Waals surface area contributed by atoms with E-state index in [4.69, 9.17) is 19.9 Å². The van der Waals surface area contributed by atoms with Gasteiger partial charge >= 0.3 is 5.97 Å². The lowest BCUT2D eigenvalue weighted by atomic mass is 9.82. The number of benzene rings is 2. The Bertz CT molecular complexity index is 1130. The maximum absolute atomic E-state index is 12.8. The van der Waals surface area contributed by atoms with Crippen LogP contribution in [0.3, 0.4) is 0 Å². The molecule has 164 valence electrons. The van der Waals surface area contributed by atoms with Gasteiger partial charge in [-0.3, -0.25) is 0 Å². The molecule has 0 fully saturated rings. The van der Waals surface area contributed by atoms with Gasteiger partial charge < -0.3 is 19.9 Å². The highest BCUT2D eigenvalue weighted by atomic mass is 79.9. The van der Waals surface area contributed by atoms with E-state index in [0.717, 1.165) is 10.0 Å². The van der Waals surface area contributed by atoms with Crippen molar-refractivity contribution < 1.29 is 19.0 Å². The SMILES string of the molecule is CCOC(=O)C1=C(C)OC(N)=C(C#N)C1c1cc(Br)ccc1OCC=Cc1ccccc1. The van der Waals surface area contributed by atoms with Gasteiger partial charge in [-0.15, -0.1) is 0 Å². The second kappa shape index (κ2) is 10.7. The number of ether oxygens (including phenoxy) is 3. The Hall–Kier alpha value is -3.50. The van der Waals surface area contributed by atoms with Gasteiger partial charge in [-0.1, -0.05) is 52.3 Å². The molecule has 2 aromatic carbocycles. The Kier molecular flexibility index (Phi) is 7.74. The third-order valence-corrected chi connectivity index (χ3v) is 5.32. The van der Waals surface area contributed by atoms with E-state index in [1.165, 1.54) is 0 Å². The van der Waals surface area contributed by atoms with Crippen LogP contribution in [0.1, 0.15) is 30.9 Å². The summed E-state index contributed by atoms with van der Waals surface area (Å²) in [6, 6.07) is 17.4. The van der Waals surface area contributed by atoms with Crippen molar-refractivity contribution in [2.45, 2.75) is 19.8 Å². The van der Waals surface area contributed by atoms with Crippen molar-refractivity contribution in [2.75, 3.05) is 13.2 Å². The molecule has 0 radical (unpaired) electrons. The van der Waals surface area contributed by atoms with Gasteiger partial charge in [0.1, 0.15) is 29.8 Å². The molecule has 0 spiro atoms. The van der Waals surface area contributed by atoms with Gasteiger partial charge in [0.05, 0.1) is 18.1 Å². The van der Waals surface area contributed by atoms with Crippen molar-refractivity contribution in [1.82, 2.24) is 0 Å². The van der Waals surface area contributed by atoms with Crippen LogP contribution in [0.2, 0.25) is 0 Å². The second-order valence-corrected chi connectivity index (χ2v) is 7.84. The molecule has 0 aliphatic carbocycles. The number of nitrogens with zero attached hydrogens (tertiary/aromatic N) is 1. The molecule has 2 aromatic rings. The average molecular weight is 495 g/mol. The maximum Gasteiger partial charge on any atom is 0.338 e. The van der Waals surface area contributed by atoms with Crippen LogP contribution in [0, 0.1) is 11.3 Å². The minimum Gasteiger partial charge on any atom is -0.489 e. The normalized spacial score (nSPS) is 16.0. The first-order valence-electron chi connectivity index (χ1n) is 10.1. The summed E-state index contributed by atoms with van der Waals surface area (Å²) >= 11 is 3.47. The van der Waals surface area contributed by atoms with E-state index in [9.17, 15) is 10.1 Å². The van der Waals surface area contributed by atoms with Crippen LogP contribution in [-0.2, 0) is 14.3 Å². The number of halogens is 1. The summed E-state index contributed by atoms with van der Waals surface area (Å²) in [5, 5.41) is 9.80. The quantitative estimate of drug-likeness (QED) is 0.532. The third-order valence-electron chi connectivity index (χ3n) is 4.83. The summed E-state index contributed by atoms with van der Waals surface area (Å²) < 4.78 is 17.5. The van der Waals surface area contributed by atoms with Crippen LogP contribution in [0.4, 0.5) is 0 Å². The number of carbonyl (C=O) groups excluding carboxylic acids is 1. The molecule has 1 aliphatic rings. The number of esters is 1. The Balaban J connectivity index is 1.99. The van der Waals surface area contributed by atoms with Gasteiger partial charge in [-0.2, -0.15) is 5.26 Å². The molecule has 6 nitrogen and oxygen atoms in total. The monoisotopic (exact) mass is 494 g/mol. The zero-order valence-electron chi connectivity index (χ0n) is 17.8. The van der Waals surface area contributed by atoms with Crippen molar-refractivity contribution >= 4 is 28.0 Å². The first-order chi connectivity index (χ1) is 15.5. The topological polar surface area (TPSA) is 94.6 Å². The van der Waals surface area contributed by atoms with E-state index < -0.39 is 11.9 Å². The Labute approximate surface area is 195 Å². The molecule has 0 amide bonds. The van der Waals surface area contributed by atoms with Gasteiger partial charge in [0, 0.05) is 10.0 Å². The van der Waals surface area contributed by atoms with E-state index >= 15 is 0 Å². The number of carbonyl (C=O) groups is 1. The molecular formula is C25H23BrN2O4. The Morgan fingerprint density at radius 1 is 1.28 bits per heavy atom. The van der Waals surface area contributed by atoms with E-state index in [1.807, 2.05) is 54.6 Å². The van der Waals surface area contributed by atoms with Crippen LogP contribution in [-0.4, -0.2) is 19.2 Å². The molecule has 1 unspecified atom stereocenters. The molecule has 2 N–H and O–H groups in total. The highest BCUT2D eigenvalue weighted by Gasteiger charge is 2.38. The molecule has 3 rings (SSSR count). The molecule has 32 heavy (non-hydrogen) atoms. The standard InChI is InChI=1S/C25H23BrN2O4/c1-3-30-25(29)22-16(2)32-24(28)20(15-27)23(22)19-14-18(26)11-12-21(19)31-13-7-10-17-8-5-4-6-9-17/h4-12,14,23H,3,13,28H2,1-2H3. The van der Waals surface area contributed by atoms with E-state index in [1.54, 1.807) is 19.9 Å². The predicted molar refractivity (Wildman–Crippen MR) is 125 cm³/mol. The first-order valence-corrected chi connectivity index (χ1v) is 10.8.